The first-order valence-electron chi connectivity index (χ1n) is 13.4. The van der Waals surface area contributed by atoms with Gasteiger partial charge in [-0.25, -0.2) is 14.4 Å². The molecule has 0 unspecified atom stereocenters. The van der Waals surface area contributed by atoms with Crippen molar-refractivity contribution >= 4 is 18.1 Å². The standard InChI is InChI=1S/C33H31N3O5/c1-40-31(37)29(20-22-12-4-2-5-13-22)34-32(38)35-30(23-14-6-3-7-15-23)36-33(39)41-21-28-26-18-10-8-16-24(26)25-17-9-11-19-27(25)28/h2-19,28-30H,20-21H2,1H3,(H,36,39)(H2,34,35,38)/t29-,30-/m0/s1. The van der Waals surface area contributed by atoms with E-state index in [2.05, 4.69) is 28.1 Å². The predicted octanol–water partition coefficient (Wildman–Crippen LogP) is 5.31. The summed E-state index contributed by atoms with van der Waals surface area (Å²) in [4.78, 5) is 38.5. The summed E-state index contributed by atoms with van der Waals surface area (Å²) >= 11 is 0. The fraction of sp³-hybridized carbons (Fsp3) is 0.182. The molecule has 8 heteroatoms. The van der Waals surface area contributed by atoms with E-state index in [1.165, 1.54) is 7.11 Å². The molecule has 0 radical (unpaired) electrons. The average molecular weight is 550 g/mol. The monoisotopic (exact) mass is 549 g/mol. The predicted molar refractivity (Wildman–Crippen MR) is 155 cm³/mol. The lowest BCUT2D eigenvalue weighted by atomic mass is 9.98. The average Bonchev–Trinajstić information content (AvgIpc) is 3.33. The first-order chi connectivity index (χ1) is 20.0. The van der Waals surface area contributed by atoms with E-state index in [0.29, 0.717) is 5.56 Å². The van der Waals surface area contributed by atoms with Crippen molar-refractivity contribution in [2.45, 2.75) is 24.5 Å². The van der Waals surface area contributed by atoms with E-state index in [9.17, 15) is 14.4 Å². The highest BCUT2D eigenvalue weighted by Gasteiger charge is 2.30. The van der Waals surface area contributed by atoms with Crippen molar-refractivity contribution in [3.05, 3.63) is 131 Å². The molecule has 0 aliphatic heterocycles. The quantitative estimate of drug-likeness (QED) is 0.194. The maximum atomic E-state index is 13.0. The second-order valence-electron chi connectivity index (χ2n) is 9.70. The van der Waals surface area contributed by atoms with E-state index < -0.39 is 30.3 Å². The largest absolute Gasteiger partial charge is 0.467 e. The lowest BCUT2D eigenvalue weighted by molar-refractivity contribution is -0.142. The molecule has 1 aliphatic rings. The van der Waals surface area contributed by atoms with Gasteiger partial charge in [0.1, 0.15) is 18.8 Å². The van der Waals surface area contributed by atoms with Crippen molar-refractivity contribution in [2.24, 2.45) is 0 Å². The Bertz CT molecular complexity index is 1460. The van der Waals surface area contributed by atoms with Gasteiger partial charge in [0.25, 0.3) is 0 Å². The number of rotatable bonds is 9. The second kappa shape index (κ2) is 12.8. The summed E-state index contributed by atoms with van der Waals surface area (Å²) in [6.45, 7) is 0.134. The minimum Gasteiger partial charge on any atom is -0.467 e. The summed E-state index contributed by atoms with van der Waals surface area (Å²) in [6, 6.07) is 32.9. The van der Waals surface area contributed by atoms with Gasteiger partial charge in [-0.3, -0.25) is 5.32 Å². The molecule has 0 aromatic heterocycles. The molecule has 0 saturated heterocycles. The first-order valence-corrected chi connectivity index (χ1v) is 13.4. The highest BCUT2D eigenvalue weighted by molar-refractivity contribution is 5.84. The van der Waals surface area contributed by atoms with Crippen LogP contribution in [0.25, 0.3) is 11.1 Å². The number of fused-ring (bicyclic) bond motifs is 3. The Morgan fingerprint density at radius 2 is 1.27 bits per heavy atom. The van der Waals surface area contributed by atoms with E-state index in [4.69, 9.17) is 9.47 Å². The third-order valence-electron chi connectivity index (χ3n) is 7.09. The topological polar surface area (TPSA) is 106 Å². The molecule has 41 heavy (non-hydrogen) atoms. The molecule has 4 aromatic rings. The van der Waals surface area contributed by atoms with E-state index >= 15 is 0 Å². The van der Waals surface area contributed by atoms with Gasteiger partial charge in [-0.2, -0.15) is 0 Å². The van der Waals surface area contributed by atoms with Gasteiger partial charge in [-0.05, 0) is 33.4 Å². The van der Waals surface area contributed by atoms with Crippen LogP contribution in [-0.4, -0.2) is 37.9 Å². The third kappa shape index (κ3) is 6.55. The van der Waals surface area contributed by atoms with Crippen molar-refractivity contribution in [1.82, 2.24) is 16.0 Å². The van der Waals surface area contributed by atoms with Crippen LogP contribution >= 0.6 is 0 Å². The molecule has 208 valence electrons. The lowest BCUT2D eigenvalue weighted by Gasteiger charge is -2.23. The van der Waals surface area contributed by atoms with Crippen LogP contribution in [0.4, 0.5) is 9.59 Å². The number of ether oxygens (including phenoxy) is 2. The van der Waals surface area contributed by atoms with Crippen LogP contribution in [0.15, 0.2) is 109 Å². The maximum Gasteiger partial charge on any atom is 0.409 e. The van der Waals surface area contributed by atoms with E-state index in [-0.39, 0.29) is 18.9 Å². The zero-order valence-corrected chi connectivity index (χ0v) is 22.6. The van der Waals surface area contributed by atoms with E-state index in [1.54, 1.807) is 24.3 Å². The van der Waals surface area contributed by atoms with E-state index in [1.807, 2.05) is 72.8 Å². The number of benzene rings is 4. The second-order valence-corrected chi connectivity index (χ2v) is 9.70. The molecular formula is C33H31N3O5. The number of hydrogen-bond donors (Lipinski definition) is 3. The Balaban J connectivity index is 1.26. The third-order valence-corrected chi connectivity index (χ3v) is 7.09. The Morgan fingerprint density at radius 1 is 0.707 bits per heavy atom. The minimum atomic E-state index is -0.923. The summed E-state index contributed by atoms with van der Waals surface area (Å²) in [5, 5.41) is 8.17. The summed E-state index contributed by atoms with van der Waals surface area (Å²) in [7, 11) is 1.27. The van der Waals surface area contributed by atoms with Crippen molar-refractivity contribution in [3.63, 3.8) is 0 Å². The fourth-order valence-corrected chi connectivity index (χ4v) is 5.12. The van der Waals surface area contributed by atoms with Gasteiger partial charge in [0, 0.05) is 12.3 Å². The normalized spacial score (nSPS) is 13.2. The molecule has 0 saturated carbocycles. The Morgan fingerprint density at radius 3 is 1.88 bits per heavy atom. The summed E-state index contributed by atoms with van der Waals surface area (Å²) in [5.74, 6) is -0.678. The molecule has 5 rings (SSSR count). The van der Waals surface area contributed by atoms with Crippen LogP contribution in [0.5, 0.6) is 0 Å². The number of urea groups is 1. The molecule has 3 N–H and O–H groups in total. The number of methoxy groups -OCH3 is 1. The summed E-state index contributed by atoms with van der Waals surface area (Å²) in [5.41, 5.74) is 5.96. The zero-order chi connectivity index (χ0) is 28.6. The molecule has 3 amide bonds. The van der Waals surface area contributed by atoms with Gasteiger partial charge in [0.05, 0.1) is 7.11 Å². The Labute approximate surface area is 238 Å². The number of nitrogens with one attached hydrogen (secondary N) is 3. The van der Waals surface area contributed by atoms with Crippen molar-refractivity contribution in [1.29, 1.82) is 0 Å². The molecule has 0 fully saturated rings. The zero-order valence-electron chi connectivity index (χ0n) is 22.6. The fourth-order valence-electron chi connectivity index (χ4n) is 5.12. The molecule has 0 bridgehead atoms. The highest BCUT2D eigenvalue weighted by Crippen LogP contribution is 2.44. The van der Waals surface area contributed by atoms with Crippen LogP contribution < -0.4 is 16.0 Å². The van der Waals surface area contributed by atoms with Crippen LogP contribution in [0.2, 0.25) is 0 Å². The SMILES string of the molecule is COC(=O)[C@H](Cc1ccccc1)NC(=O)N[C@@H](NC(=O)OCC1c2ccccc2-c2ccccc21)c1ccccc1. The molecule has 8 nitrogen and oxygen atoms in total. The van der Waals surface area contributed by atoms with Gasteiger partial charge < -0.3 is 20.1 Å². The van der Waals surface area contributed by atoms with Crippen molar-refractivity contribution in [3.8, 4) is 11.1 Å². The van der Waals surface area contributed by atoms with Gasteiger partial charge in [-0.1, -0.05) is 109 Å². The summed E-state index contributed by atoms with van der Waals surface area (Å²) < 4.78 is 10.6. The number of alkyl carbamates (subject to hydrolysis) is 1. The number of carbonyl (C=O) groups excluding carboxylic acids is 3. The summed E-state index contributed by atoms with van der Waals surface area (Å²) in [6.07, 6.45) is -1.35. The first kappa shape index (κ1) is 27.5. The molecule has 0 heterocycles. The van der Waals surface area contributed by atoms with Gasteiger partial charge in [0.2, 0.25) is 0 Å². The van der Waals surface area contributed by atoms with Crippen LogP contribution in [0, 0.1) is 0 Å². The minimum absolute atomic E-state index is 0.0987. The van der Waals surface area contributed by atoms with Crippen molar-refractivity contribution in [2.75, 3.05) is 13.7 Å². The number of esters is 1. The van der Waals surface area contributed by atoms with Crippen LogP contribution in [0.1, 0.15) is 34.3 Å². The molecule has 2 atom stereocenters. The van der Waals surface area contributed by atoms with Gasteiger partial charge >= 0.3 is 18.1 Å². The van der Waals surface area contributed by atoms with Gasteiger partial charge in [0.15, 0.2) is 0 Å². The van der Waals surface area contributed by atoms with E-state index in [0.717, 1.165) is 27.8 Å². The lowest BCUT2D eigenvalue weighted by Crippen LogP contribution is -2.51. The number of amides is 3. The Kier molecular flexibility index (Phi) is 8.59. The molecule has 1 aliphatic carbocycles. The van der Waals surface area contributed by atoms with Gasteiger partial charge in [-0.15, -0.1) is 0 Å². The Hall–Kier alpha value is -5.11. The van der Waals surface area contributed by atoms with Crippen molar-refractivity contribution < 1.29 is 23.9 Å². The number of hydrogen-bond acceptors (Lipinski definition) is 5. The smallest absolute Gasteiger partial charge is 0.409 e. The molecule has 0 spiro atoms. The van der Waals surface area contributed by atoms with Crippen LogP contribution in [-0.2, 0) is 20.7 Å². The maximum absolute atomic E-state index is 13.0. The number of carbonyl (C=O) groups is 3. The molecule has 4 aromatic carbocycles. The van der Waals surface area contributed by atoms with Crippen LogP contribution in [0.3, 0.4) is 0 Å². The molecular weight excluding hydrogens is 518 g/mol. The highest BCUT2D eigenvalue weighted by atomic mass is 16.5.